The first-order valence-corrected chi connectivity index (χ1v) is 15.4. The summed E-state index contributed by atoms with van der Waals surface area (Å²) in [6.07, 6.45) is 10.7. The lowest BCUT2D eigenvalue weighted by Crippen LogP contribution is -2.29. The third-order valence-corrected chi connectivity index (χ3v) is 9.51. The Bertz CT molecular complexity index is 1120. The van der Waals surface area contributed by atoms with Crippen LogP contribution in [0.3, 0.4) is 0 Å². The van der Waals surface area contributed by atoms with Gasteiger partial charge in [-0.3, -0.25) is 4.79 Å². The minimum absolute atomic E-state index is 0.0109. The van der Waals surface area contributed by atoms with Crippen LogP contribution in [0.5, 0.6) is 0 Å². The van der Waals surface area contributed by atoms with Gasteiger partial charge in [0.05, 0.1) is 12.0 Å². The molecule has 2 fully saturated rings. The van der Waals surface area contributed by atoms with Crippen LogP contribution >= 0.6 is 0 Å². The molecule has 40 heavy (non-hydrogen) atoms. The van der Waals surface area contributed by atoms with Crippen molar-refractivity contribution in [3.63, 3.8) is 0 Å². The zero-order valence-corrected chi connectivity index (χ0v) is 24.9. The van der Waals surface area contributed by atoms with E-state index in [4.69, 9.17) is 4.74 Å². The third kappa shape index (κ3) is 7.72. The number of benzene rings is 2. The van der Waals surface area contributed by atoms with E-state index >= 15 is 4.39 Å². The van der Waals surface area contributed by atoms with Crippen LogP contribution in [0, 0.1) is 40.7 Å². The van der Waals surface area contributed by atoms with Gasteiger partial charge in [0, 0.05) is 18.1 Å². The Balaban J connectivity index is 1.24. The van der Waals surface area contributed by atoms with Gasteiger partial charge in [-0.2, -0.15) is 0 Å². The highest BCUT2D eigenvalue weighted by molar-refractivity contribution is 5.75. The molecule has 2 aromatic rings. The Morgan fingerprint density at radius 1 is 0.925 bits per heavy atom. The summed E-state index contributed by atoms with van der Waals surface area (Å²) in [5.74, 6) is 1.53. The monoisotopic (exact) mass is 554 g/mol. The summed E-state index contributed by atoms with van der Waals surface area (Å²) in [7, 11) is 0. The SMILES string of the molecule is CCc1ccc(-c2ccc(C3CCC(C4CCC(CC(CO)COC(=O)C(C)(C)C)CC4)CC3)c(F)c2)c(F)c1. The number of carbonyl (C=O) groups excluding carboxylic acids is 1. The Hall–Kier alpha value is -2.27. The molecule has 2 saturated carbocycles. The number of hydrogen-bond donors (Lipinski definition) is 1. The van der Waals surface area contributed by atoms with Gasteiger partial charge in [-0.15, -0.1) is 0 Å². The maximum atomic E-state index is 15.2. The Kier molecular flexibility index (Phi) is 10.4. The molecule has 0 aromatic heterocycles. The largest absolute Gasteiger partial charge is 0.465 e. The van der Waals surface area contributed by atoms with E-state index in [2.05, 4.69) is 0 Å². The first-order valence-electron chi connectivity index (χ1n) is 15.4. The number of aliphatic hydroxyl groups excluding tert-OH is 1. The number of ether oxygens (including phenoxy) is 1. The standard InChI is InChI=1S/C35H48F2O3/c1-5-23-8-16-31(32(36)19-23)29-15-17-30(33(37)20-29)28-13-11-27(12-14-28)26-9-6-24(7-10-26)18-25(21-38)22-40-34(39)35(2,3)4/h8,15-17,19-20,24-28,38H,5-7,9-14,18,21-22H2,1-4H3. The van der Waals surface area contributed by atoms with Gasteiger partial charge in [0.25, 0.3) is 0 Å². The fourth-order valence-electron chi connectivity index (χ4n) is 6.91. The molecule has 2 aliphatic rings. The number of carbonyl (C=O) groups is 1. The molecule has 2 aromatic carbocycles. The highest BCUT2D eigenvalue weighted by atomic mass is 19.1. The van der Waals surface area contributed by atoms with Crippen molar-refractivity contribution in [1.29, 1.82) is 0 Å². The smallest absolute Gasteiger partial charge is 0.311 e. The summed E-state index contributed by atoms with van der Waals surface area (Å²) in [5.41, 5.74) is 2.25. The van der Waals surface area contributed by atoms with Crippen LogP contribution in [0.15, 0.2) is 36.4 Å². The van der Waals surface area contributed by atoms with Crippen molar-refractivity contribution in [3.05, 3.63) is 59.2 Å². The third-order valence-electron chi connectivity index (χ3n) is 9.51. The van der Waals surface area contributed by atoms with E-state index in [-0.39, 0.29) is 36.0 Å². The topological polar surface area (TPSA) is 46.5 Å². The predicted octanol–water partition coefficient (Wildman–Crippen LogP) is 8.86. The van der Waals surface area contributed by atoms with Crippen LogP contribution in [0.4, 0.5) is 8.78 Å². The van der Waals surface area contributed by atoms with Crippen LogP contribution in [0.1, 0.15) is 103 Å². The molecule has 0 bridgehead atoms. The number of aryl methyl sites for hydroxylation is 1. The summed E-state index contributed by atoms with van der Waals surface area (Å²) in [4.78, 5) is 12.1. The summed E-state index contributed by atoms with van der Waals surface area (Å²) in [5, 5.41) is 9.84. The van der Waals surface area contributed by atoms with E-state index in [1.54, 1.807) is 12.1 Å². The summed E-state index contributed by atoms with van der Waals surface area (Å²) in [6, 6.07) is 10.5. The van der Waals surface area contributed by atoms with Gasteiger partial charge in [-0.25, -0.2) is 8.78 Å². The second kappa shape index (κ2) is 13.6. The number of halogens is 2. The predicted molar refractivity (Wildman–Crippen MR) is 157 cm³/mol. The second-order valence-electron chi connectivity index (χ2n) is 13.4. The second-order valence-corrected chi connectivity index (χ2v) is 13.4. The molecule has 0 saturated heterocycles. The first kappa shape index (κ1) is 30.7. The van der Waals surface area contributed by atoms with Gasteiger partial charge in [0.2, 0.25) is 0 Å². The lowest BCUT2D eigenvalue weighted by molar-refractivity contribution is -0.155. The molecule has 2 aliphatic carbocycles. The van der Waals surface area contributed by atoms with E-state index < -0.39 is 5.41 Å². The van der Waals surface area contributed by atoms with Crippen LogP contribution < -0.4 is 0 Å². The van der Waals surface area contributed by atoms with Crippen molar-refractivity contribution in [2.75, 3.05) is 13.2 Å². The molecule has 1 unspecified atom stereocenters. The quantitative estimate of drug-likeness (QED) is 0.315. The molecule has 5 heteroatoms. The van der Waals surface area contributed by atoms with Gasteiger partial charge in [-0.05, 0) is 125 Å². The normalized spacial score (nSPS) is 24.5. The van der Waals surface area contributed by atoms with E-state index in [1.165, 1.54) is 31.7 Å². The van der Waals surface area contributed by atoms with Crippen molar-refractivity contribution in [3.8, 4) is 11.1 Å². The summed E-state index contributed by atoms with van der Waals surface area (Å²) in [6.45, 7) is 7.89. The number of aliphatic hydroxyl groups is 1. The number of hydrogen-bond acceptors (Lipinski definition) is 3. The van der Waals surface area contributed by atoms with E-state index in [9.17, 15) is 14.3 Å². The van der Waals surface area contributed by atoms with Crippen molar-refractivity contribution >= 4 is 5.97 Å². The molecular formula is C35H48F2O3. The zero-order chi connectivity index (χ0) is 28.9. The Labute approximate surface area is 239 Å². The Morgan fingerprint density at radius 2 is 1.57 bits per heavy atom. The van der Waals surface area contributed by atoms with E-state index in [0.717, 1.165) is 55.6 Å². The number of esters is 1. The lowest BCUT2D eigenvalue weighted by atomic mass is 9.67. The highest BCUT2D eigenvalue weighted by Gasteiger charge is 2.33. The molecule has 0 radical (unpaired) electrons. The molecule has 1 atom stereocenters. The van der Waals surface area contributed by atoms with Gasteiger partial charge in [0.1, 0.15) is 11.6 Å². The minimum Gasteiger partial charge on any atom is -0.465 e. The fraction of sp³-hybridized carbons (Fsp3) is 0.629. The Morgan fingerprint density at radius 3 is 2.12 bits per heavy atom. The van der Waals surface area contributed by atoms with Gasteiger partial charge in [-0.1, -0.05) is 44.0 Å². The maximum absolute atomic E-state index is 15.2. The van der Waals surface area contributed by atoms with Crippen molar-refractivity contribution in [2.45, 2.75) is 97.8 Å². The molecule has 3 nitrogen and oxygen atoms in total. The first-order chi connectivity index (χ1) is 19.1. The van der Waals surface area contributed by atoms with Crippen LogP contribution in [-0.4, -0.2) is 24.3 Å². The number of rotatable bonds is 9. The van der Waals surface area contributed by atoms with Gasteiger partial charge in [0.15, 0.2) is 0 Å². The average Bonchev–Trinajstić information content (AvgIpc) is 2.95. The maximum Gasteiger partial charge on any atom is 0.311 e. The average molecular weight is 555 g/mol. The molecule has 0 spiro atoms. The molecule has 1 N–H and O–H groups in total. The van der Waals surface area contributed by atoms with Crippen molar-refractivity contribution in [1.82, 2.24) is 0 Å². The van der Waals surface area contributed by atoms with Gasteiger partial charge >= 0.3 is 5.97 Å². The highest BCUT2D eigenvalue weighted by Crippen LogP contribution is 2.45. The van der Waals surface area contributed by atoms with Crippen LogP contribution in [0.25, 0.3) is 11.1 Å². The molecule has 0 aliphatic heterocycles. The van der Waals surface area contributed by atoms with E-state index in [0.29, 0.717) is 29.6 Å². The zero-order valence-electron chi connectivity index (χ0n) is 24.9. The van der Waals surface area contributed by atoms with Crippen molar-refractivity contribution < 1.29 is 23.4 Å². The van der Waals surface area contributed by atoms with Crippen LogP contribution in [-0.2, 0) is 16.0 Å². The van der Waals surface area contributed by atoms with Crippen molar-refractivity contribution in [2.24, 2.45) is 29.1 Å². The summed E-state index contributed by atoms with van der Waals surface area (Å²) >= 11 is 0. The fourth-order valence-corrected chi connectivity index (χ4v) is 6.91. The van der Waals surface area contributed by atoms with E-state index in [1.807, 2.05) is 45.9 Å². The molecular weight excluding hydrogens is 506 g/mol. The molecule has 0 heterocycles. The minimum atomic E-state index is -0.521. The molecule has 0 amide bonds. The lowest BCUT2D eigenvalue weighted by Gasteiger charge is -2.38. The summed E-state index contributed by atoms with van der Waals surface area (Å²) < 4.78 is 35.3. The van der Waals surface area contributed by atoms with Crippen LogP contribution in [0.2, 0.25) is 0 Å². The van der Waals surface area contributed by atoms with Gasteiger partial charge < -0.3 is 9.84 Å². The molecule has 220 valence electrons. The molecule has 4 rings (SSSR count).